The lowest BCUT2D eigenvalue weighted by molar-refractivity contribution is 0.0822. The molecule has 0 spiro atoms. The molecular weight excluding hydrogens is 192 g/mol. The van der Waals surface area contributed by atoms with E-state index in [0.717, 1.165) is 12.8 Å². The average molecular weight is 206 g/mol. The molecule has 1 aliphatic carbocycles. The van der Waals surface area contributed by atoms with Crippen molar-refractivity contribution in [2.24, 2.45) is 0 Å². The van der Waals surface area contributed by atoms with Crippen LogP contribution >= 0.6 is 0 Å². The number of hydrogen-bond acceptors (Lipinski definition) is 3. The Morgan fingerprint density at radius 1 is 1.53 bits per heavy atom. The number of amides is 1. The Balaban J connectivity index is 2.23. The molecule has 1 saturated carbocycles. The maximum absolute atomic E-state index is 11.8. The van der Waals surface area contributed by atoms with Gasteiger partial charge in [-0.3, -0.25) is 9.78 Å². The Labute approximate surface area is 88.9 Å². The normalized spacial score (nSPS) is 14.8. The maximum Gasteiger partial charge on any atom is 0.258 e. The fraction of sp³-hybridized carbons (Fsp3) is 0.455. The summed E-state index contributed by atoms with van der Waals surface area (Å²) in [5.74, 6) is 0.574. The van der Waals surface area contributed by atoms with E-state index in [1.165, 1.54) is 4.90 Å². The van der Waals surface area contributed by atoms with E-state index in [4.69, 9.17) is 4.74 Å². The largest absolute Gasteiger partial charge is 0.489 e. The number of carbonyl (C=O) groups excluding carboxylic acids is 1. The Kier molecular flexibility index (Phi) is 2.58. The summed E-state index contributed by atoms with van der Waals surface area (Å²) in [6.45, 7) is 0. The average Bonchev–Trinajstić information content (AvgIpc) is 3.01. The van der Waals surface area contributed by atoms with Gasteiger partial charge in [0, 0.05) is 26.5 Å². The lowest BCUT2D eigenvalue weighted by Crippen LogP contribution is -2.22. The highest BCUT2D eigenvalue weighted by Gasteiger charge is 2.26. The fourth-order valence-electron chi connectivity index (χ4n) is 1.25. The van der Waals surface area contributed by atoms with Crippen molar-refractivity contribution in [2.75, 3.05) is 14.1 Å². The highest BCUT2D eigenvalue weighted by atomic mass is 16.5. The van der Waals surface area contributed by atoms with Gasteiger partial charge in [-0.1, -0.05) is 0 Å². The first-order valence-electron chi connectivity index (χ1n) is 5.01. The Morgan fingerprint density at radius 2 is 2.27 bits per heavy atom. The van der Waals surface area contributed by atoms with E-state index in [2.05, 4.69) is 4.98 Å². The smallest absolute Gasteiger partial charge is 0.258 e. The van der Waals surface area contributed by atoms with Crippen LogP contribution in [0.25, 0.3) is 0 Å². The quantitative estimate of drug-likeness (QED) is 0.749. The molecule has 2 rings (SSSR count). The second-order valence-corrected chi connectivity index (χ2v) is 3.89. The molecule has 4 heteroatoms. The summed E-state index contributed by atoms with van der Waals surface area (Å²) in [5, 5.41) is 0. The number of carbonyl (C=O) groups is 1. The molecule has 15 heavy (non-hydrogen) atoms. The van der Waals surface area contributed by atoms with Gasteiger partial charge in [0.05, 0.1) is 11.7 Å². The Bertz CT molecular complexity index is 373. The molecule has 0 saturated heterocycles. The van der Waals surface area contributed by atoms with Gasteiger partial charge in [0.15, 0.2) is 0 Å². The molecule has 0 aromatic carbocycles. The molecule has 1 amide bonds. The first-order valence-corrected chi connectivity index (χ1v) is 5.01. The zero-order valence-electron chi connectivity index (χ0n) is 8.93. The van der Waals surface area contributed by atoms with E-state index in [-0.39, 0.29) is 5.91 Å². The molecule has 0 N–H and O–H groups in total. The van der Waals surface area contributed by atoms with Gasteiger partial charge in [-0.25, -0.2) is 0 Å². The van der Waals surface area contributed by atoms with E-state index in [1.54, 1.807) is 32.6 Å². The van der Waals surface area contributed by atoms with Crippen LogP contribution < -0.4 is 4.74 Å². The predicted molar refractivity (Wildman–Crippen MR) is 55.9 cm³/mol. The second-order valence-electron chi connectivity index (χ2n) is 3.89. The van der Waals surface area contributed by atoms with E-state index >= 15 is 0 Å². The van der Waals surface area contributed by atoms with Gasteiger partial charge in [0.2, 0.25) is 0 Å². The summed E-state index contributed by atoms with van der Waals surface area (Å²) in [6.07, 6.45) is 5.65. The van der Waals surface area contributed by atoms with E-state index in [1.807, 2.05) is 0 Å². The monoisotopic (exact) mass is 206 g/mol. The summed E-state index contributed by atoms with van der Waals surface area (Å²) in [6, 6.07) is 1.75. The Morgan fingerprint density at radius 3 is 2.87 bits per heavy atom. The predicted octanol–water partition coefficient (Wildman–Crippen LogP) is 1.32. The summed E-state index contributed by atoms with van der Waals surface area (Å²) < 4.78 is 5.64. The second kappa shape index (κ2) is 3.88. The number of pyridine rings is 1. The van der Waals surface area contributed by atoms with Crippen LogP contribution in [0.15, 0.2) is 18.5 Å². The third-order valence-electron chi connectivity index (χ3n) is 2.24. The zero-order valence-corrected chi connectivity index (χ0v) is 8.93. The molecule has 1 heterocycles. The van der Waals surface area contributed by atoms with Crippen LogP contribution in [-0.2, 0) is 0 Å². The summed E-state index contributed by atoms with van der Waals surface area (Å²) in [7, 11) is 3.44. The summed E-state index contributed by atoms with van der Waals surface area (Å²) in [5.41, 5.74) is 0.536. The van der Waals surface area contributed by atoms with Crippen LogP contribution in [0.5, 0.6) is 5.75 Å². The molecule has 1 aliphatic rings. The first-order chi connectivity index (χ1) is 7.18. The standard InChI is InChI=1S/C11H14N2O2/c1-13(2)11(14)9-7-12-6-5-10(9)15-8-3-4-8/h5-8H,3-4H2,1-2H3. The molecule has 4 nitrogen and oxygen atoms in total. The maximum atomic E-state index is 11.8. The topological polar surface area (TPSA) is 42.4 Å². The molecule has 1 fully saturated rings. The fourth-order valence-corrected chi connectivity index (χ4v) is 1.25. The first kappa shape index (κ1) is 9.96. The lowest BCUT2D eigenvalue weighted by atomic mass is 10.2. The minimum Gasteiger partial charge on any atom is -0.489 e. The third kappa shape index (κ3) is 2.26. The summed E-state index contributed by atoms with van der Waals surface area (Å²) in [4.78, 5) is 17.2. The van der Waals surface area contributed by atoms with Crippen molar-refractivity contribution in [3.8, 4) is 5.75 Å². The highest BCUT2D eigenvalue weighted by Crippen LogP contribution is 2.28. The van der Waals surface area contributed by atoms with Gasteiger partial charge in [-0.05, 0) is 18.9 Å². The van der Waals surface area contributed by atoms with Crippen molar-refractivity contribution in [1.82, 2.24) is 9.88 Å². The molecule has 1 aromatic heterocycles. The van der Waals surface area contributed by atoms with E-state index < -0.39 is 0 Å². The zero-order chi connectivity index (χ0) is 10.8. The van der Waals surface area contributed by atoms with Crippen LogP contribution in [0.1, 0.15) is 23.2 Å². The van der Waals surface area contributed by atoms with Gasteiger partial charge in [-0.2, -0.15) is 0 Å². The minimum atomic E-state index is -0.0706. The van der Waals surface area contributed by atoms with Gasteiger partial charge in [0.1, 0.15) is 5.75 Å². The Hall–Kier alpha value is -1.58. The van der Waals surface area contributed by atoms with Crippen molar-refractivity contribution in [3.63, 3.8) is 0 Å². The highest BCUT2D eigenvalue weighted by molar-refractivity contribution is 5.96. The van der Waals surface area contributed by atoms with Crippen molar-refractivity contribution in [3.05, 3.63) is 24.0 Å². The molecule has 0 aliphatic heterocycles. The number of hydrogen-bond donors (Lipinski definition) is 0. The molecular formula is C11H14N2O2. The molecule has 0 unspecified atom stereocenters. The van der Waals surface area contributed by atoms with Crippen molar-refractivity contribution >= 4 is 5.91 Å². The molecule has 0 atom stereocenters. The van der Waals surface area contributed by atoms with Gasteiger partial charge >= 0.3 is 0 Å². The van der Waals surface area contributed by atoms with Crippen molar-refractivity contribution < 1.29 is 9.53 Å². The number of rotatable bonds is 3. The van der Waals surface area contributed by atoms with E-state index in [9.17, 15) is 4.79 Å². The van der Waals surface area contributed by atoms with Gasteiger partial charge in [0.25, 0.3) is 5.91 Å². The molecule has 1 aromatic rings. The van der Waals surface area contributed by atoms with Crippen LogP contribution in [0.3, 0.4) is 0 Å². The van der Waals surface area contributed by atoms with Gasteiger partial charge in [-0.15, -0.1) is 0 Å². The molecule has 0 radical (unpaired) electrons. The SMILES string of the molecule is CN(C)C(=O)c1cnccc1OC1CC1. The van der Waals surface area contributed by atoms with E-state index in [0.29, 0.717) is 17.4 Å². The molecule has 0 bridgehead atoms. The number of ether oxygens (including phenoxy) is 1. The van der Waals surface area contributed by atoms with Crippen LogP contribution in [0, 0.1) is 0 Å². The van der Waals surface area contributed by atoms with Crippen LogP contribution in [-0.4, -0.2) is 36.0 Å². The molecule has 80 valence electrons. The minimum absolute atomic E-state index is 0.0706. The van der Waals surface area contributed by atoms with Crippen LogP contribution in [0.2, 0.25) is 0 Å². The lowest BCUT2D eigenvalue weighted by Gasteiger charge is -2.13. The summed E-state index contributed by atoms with van der Waals surface area (Å²) >= 11 is 0. The van der Waals surface area contributed by atoms with Crippen LogP contribution in [0.4, 0.5) is 0 Å². The van der Waals surface area contributed by atoms with Crippen molar-refractivity contribution in [2.45, 2.75) is 18.9 Å². The number of aromatic nitrogens is 1. The third-order valence-corrected chi connectivity index (χ3v) is 2.24. The number of nitrogens with zero attached hydrogens (tertiary/aromatic N) is 2. The van der Waals surface area contributed by atoms with Crippen molar-refractivity contribution in [1.29, 1.82) is 0 Å². The van der Waals surface area contributed by atoms with Gasteiger partial charge < -0.3 is 9.64 Å².